The molecule has 2 aliphatic carbocycles. The Morgan fingerprint density at radius 1 is 1.24 bits per heavy atom. The zero-order chi connectivity index (χ0) is 14.4. The van der Waals surface area contributed by atoms with Crippen molar-refractivity contribution in [2.45, 2.75) is 44.6 Å². The van der Waals surface area contributed by atoms with Crippen molar-refractivity contribution in [3.8, 4) is 0 Å². The van der Waals surface area contributed by atoms with Crippen LogP contribution in [0.3, 0.4) is 0 Å². The highest BCUT2D eigenvalue weighted by Crippen LogP contribution is 2.61. The van der Waals surface area contributed by atoms with Gasteiger partial charge in [0.05, 0.1) is 11.1 Å². The predicted octanol–water partition coefficient (Wildman–Crippen LogP) is 2.56. The van der Waals surface area contributed by atoms with Gasteiger partial charge in [0.25, 0.3) is 5.56 Å². The molecule has 4 nitrogen and oxygen atoms in total. The third-order valence-corrected chi connectivity index (χ3v) is 5.32. The lowest BCUT2D eigenvalue weighted by atomic mass is 9.49. The highest BCUT2D eigenvalue weighted by molar-refractivity contribution is 5.83. The van der Waals surface area contributed by atoms with Crippen LogP contribution in [0.4, 0.5) is 0 Å². The number of H-pyrrole nitrogens is 1. The Kier molecular flexibility index (Phi) is 2.89. The second-order valence-electron chi connectivity index (χ2n) is 6.75. The van der Waals surface area contributed by atoms with Gasteiger partial charge in [0.1, 0.15) is 0 Å². The Hall–Kier alpha value is -1.68. The molecule has 0 atom stereocenters. The van der Waals surface area contributed by atoms with Crippen LogP contribution in [0, 0.1) is 5.41 Å². The number of hydrogen-bond donors (Lipinski definition) is 2. The molecule has 2 aliphatic rings. The molecule has 0 saturated heterocycles. The van der Waals surface area contributed by atoms with Gasteiger partial charge in [0.2, 0.25) is 0 Å². The molecule has 4 rings (SSSR count). The Bertz CT molecular complexity index is 722. The second kappa shape index (κ2) is 4.67. The van der Waals surface area contributed by atoms with Crippen LogP contribution in [0.25, 0.3) is 10.8 Å². The lowest BCUT2D eigenvalue weighted by molar-refractivity contribution is -0.0210. The smallest absolute Gasteiger partial charge is 0.272 e. The van der Waals surface area contributed by atoms with E-state index in [0.717, 1.165) is 29.1 Å². The summed E-state index contributed by atoms with van der Waals surface area (Å²) in [4.78, 5) is 11.8. The van der Waals surface area contributed by atoms with E-state index < -0.39 is 0 Å². The summed E-state index contributed by atoms with van der Waals surface area (Å²) in [7, 11) is 0. The van der Waals surface area contributed by atoms with Crippen molar-refractivity contribution < 1.29 is 0 Å². The number of hydrogen-bond acceptors (Lipinski definition) is 3. The van der Waals surface area contributed by atoms with Gasteiger partial charge in [-0.3, -0.25) is 4.79 Å². The first-order chi connectivity index (χ1) is 10.2. The Balaban J connectivity index is 1.55. The molecule has 1 spiro atoms. The molecule has 0 unspecified atom stereocenters. The highest BCUT2D eigenvalue weighted by atomic mass is 16.1. The first kappa shape index (κ1) is 13.0. The van der Waals surface area contributed by atoms with Crippen LogP contribution in [0.15, 0.2) is 29.1 Å². The van der Waals surface area contributed by atoms with Gasteiger partial charge in [-0.25, -0.2) is 5.10 Å². The number of nitrogens with zero attached hydrogens (tertiary/aromatic N) is 1. The Morgan fingerprint density at radius 2 is 1.95 bits per heavy atom. The molecule has 21 heavy (non-hydrogen) atoms. The summed E-state index contributed by atoms with van der Waals surface area (Å²) in [5, 5.41) is 12.4. The van der Waals surface area contributed by atoms with Gasteiger partial charge in [-0.05, 0) is 43.7 Å². The fourth-order valence-electron chi connectivity index (χ4n) is 4.38. The van der Waals surface area contributed by atoms with E-state index in [-0.39, 0.29) is 5.56 Å². The molecule has 4 heteroatoms. The SMILES string of the molecule is CCNC1CC2(C1)CC(c1n[nH]c(=O)c3ccccc13)C2. The van der Waals surface area contributed by atoms with Crippen molar-refractivity contribution >= 4 is 10.8 Å². The third-order valence-electron chi connectivity index (χ3n) is 5.32. The van der Waals surface area contributed by atoms with Gasteiger partial charge in [-0.15, -0.1) is 0 Å². The zero-order valence-corrected chi connectivity index (χ0v) is 12.4. The predicted molar refractivity (Wildman–Crippen MR) is 83.5 cm³/mol. The van der Waals surface area contributed by atoms with Gasteiger partial charge < -0.3 is 5.32 Å². The lowest BCUT2D eigenvalue weighted by Crippen LogP contribution is -2.54. The molecule has 0 amide bonds. The van der Waals surface area contributed by atoms with Gasteiger partial charge in [-0.2, -0.15) is 5.10 Å². The molecule has 0 aliphatic heterocycles. The maximum atomic E-state index is 11.8. The van der Waals surface area contributed by atoms with Crippen molar-refractivity contribution in [1.82, 2.24) is 15.5 Å². The average Bonchev–Trinajstić information content (AvgIpc) is 2.42. The third kappa shape index (κ3) is 2.01. The van der Waals surface area contributed by atoms with Crippen molar-refractivity contribution in [3.05, 3.63) is 40.3 Å². The summed E-state index contributed by atoms with van der Waals surface area (Å²) in [6, 6.07) is 8.54. The minimum atomic E-state index is -0.0840. The second-order valence-corrected chi connectivity index (χ2v) is 6.75. The minimum absolute atomic E-state index is 0.0840. The van der Waals surface area contributed by atoms with E-state index in [2.05, 4.69) is 22.4 Å². The fraction of sp³-hybridized carbons (Fsp3) is 0.529. The van der Waals surface area contributed by atoms with E-state index in [9.17, 15) is 4.79 Å². The quantitative estimate of drug-likeness (QED) is 0.910. The summed E-state index contributed by atoms with van der Waals surface area (Å²) >= 11 is 0. The average molecular weight is 283 g/mol. The van der Waals surface area contributed by atoms with Crippen LogP contribution >= 0.6 is 0 Å². The van der Waals surface area contributed by atoms with Crippen LogP contribution in [-0.4, -0.2) is 22.8 Å². The van der Waals surface area contributed by atoms with Gasteiger partial charge in [0, 0.05) is 17.3 Å². The number of rotatable bonds is 3. The summed E-state index contributed by atoms with van der Waals surface area (Å²) < 4.78 is 0. The molecule has 0 bridgehead atoms. The fourth-order valence-corrected chi connectivity index (χ4v) is 4.38. The normalized spacial score (nSPS) is 31.1. The van der Waals surface area contributed by atoms with Crippen LogP contribution in [0.1, 0.15) is 44.2 Å². The van der Waals surface area contributed by atoms with E-state index in [4.69, 9.17) is 0 Å². The van der Waals surface area contributed by atoms with E-state index in [0.29, 0.717) is 11.3 Å². The van der Waals surface area contributed by atoms with Crippen molar-refractivity contribution in [3.63, 3.8) is 0 Å². The number of benzene rings is 1. The zero-order valence-electron chi connectivity index (χ0n) is 12.4. The van der Waals surface area contributed by atoms with Gasteiger partial charge >= 0.3 is 0 Å². The minimum Gasteiger partial charge on any atom is -0.314 e. The maximum absolute atomic E-state index is 11.8. The van der Waals surface area contributed by atoms with Crippen molar-refractivity contribution in [1.29, 1.82) is 0 Å². The molecule has 2 N–H and O–H groups in total. The monoisotopic (exact) mass is 283 g/mol. The first-order valence-electron chi connectivity index (χ1n) is 7.91. The van der Waals surface area contributed by atoms with Crippen LogP contribution in [0.2, 0.25) is 0 Å². The molecule has 2 saturated carbocycles. The van der Waals surface area contributed by atoms with E-state index in [1.54, 1.807) is 0 Å². The first-order valence-corrected chi connectivity index (χ1v) is 7.91. The van der Waals surface area contributed by atoms with Crippen LogP contribution in [-0.2, 0) is 0 Å². The summed E-state index contributed by atoms with van der Waals surface area (Å²) in [5.74, 6) is 0.509. The summed E-state index contributed by atoms with van der Waals surface area (Å²) in [5.41, 5.74) is 1.55. The van der Waals surface area contributed by atoms with Gasteiger partial charge in [0.15, 0.2) is 0 Å². The van der Waals surface area contributed by atoms with Crippen molar-refractivity contribution in [2.75, 3.05) is 6.54 Å². The number of aromatic amines is 1. The Labute approximate surface area is 124 Å². The molecule has 0 radical (unpaired) electrons. The molecule has 2 fully saturated rings. The molecule has 110 valence electrons. The van der Waals surface area contributed by atoms with E-state index in [1.165, 1.54) is 25.7 Å². The molecule has 1 aromatic carbocycles. The summed E-state index contributed by atoms with van der Waals surface area (Å²) in [6.07, 6.45) is 5.05. The Morgan fingerprint density at radius 3 is 2.67 bits per heavy atom. The summed E-state index contributed by atoms with van der Waals surface area (Å²) in [6.45, 7) is 3.24. The topological polar surface area (TPSA) is 57.8 Å². The molecule has 1 aromatic heterocycles. The molecule has 1 heterocycles. The number of nitrogens with one attached hydrogen (secondary N) is 2. The van der Waals surface area contributed by atoms with Crippen LogP contribution < -0.4 is 10.9 Å². The largest absolute Gasteiger partial charge is 0.314 e. The molecular weight excluding hydrogens is 262 g/mol. The lowest BCUT2D eigenvalue weighted by Gasteiger charge is -2.58. The van der Waals surface area contributed by atoms with Gasteiger partial charge in [-0.1, -0.05) is 25.1 Å². The standard InChI is InChI=1S/C17H21N3O/c1-2-18-12-9-17(10-12)7-11(8-17)15-13-5-3-4-6-14(13)16(21)20-19-15/h3-6,11-12,18H,2,7-10H2,1H3,(H,20,21). The van der Waals surface area contributed by atoms with Crippen molar-refractivity contribution in [2.24, 2.45) is 5.41 Å². The van der Waals surface area contributed by atoms with E-state index in [1.807, 2.05) is 24.3 Å². The molecule has 2 aromatic rings. The molecular formula is C17H21N3O. The highest BCUT2D eigenvalue weighted by Gasteiger charge is 2.53. The van der Waals surface area contributed by atoms with Crippen LogP contribution in [0.5, 0.6) is 0 Å². The number of fused-ring (bicyclic) bond motifs is 1. The van der Waals surface area contributed by atoms with E-state index >= 15 is 0 Å². The number of aromatic nitrogens is 2. The maximum Gasteiger partial charge on any atom is 0.272 e.